The molecular weight excluding hydrogens is 306 g/mol. The van der Waals surface area contributed by atoms with Crippen molar-refractivity contribution in [2.45, 2.75) is 37.5 Å². The Hall–Kier alpha value is -1.88. The molecule has 0 radical (unpaired) electrons. The van der Waals surface area contributed by atoms with Crippen molar-refractivity contribution < 1.29 is 4.79 Å². The molecule has 3 rings (SSSR count). The molecule has 1 fully saturated rings. The summed E-state index contributed by atoms with van der Waals surface area (Å²) in [6.45, 7) is 2.24. The summed E-state index contributed by atoms with van der Waals surface area (Å²) in [4.78, 5) is 17.4. The van der Waals surface area contributed by atoms with E-state index in [0.717, 1.165) is 34.4 Å². The van der Waals surface area contributed by atoms with Crippen LogP contribution in [0.1, 0.15) is 32.6 Å². The highest BCUT2D eigenvalue weighted by molar-refractivity contribution is 8.00. The van der Waals surface area contributed by atoms with Crippen molar-refractivity contribution in [3.05, 3.63) is 36.5 Å². The molecule has 1 N–H and O–H groups in total. The molecule has 2 aromatic rings. The Morgan fingerprint density at radius 3 is 3.13 bits per heavy atom. The number of rotatable bonds is 4. The van der Waals surface area contributed by atoms with Crippen LogP contribution in [0.2, 0.25) is 0 Å². The molecule has 1 aliphatic carbocycles. The van der Waals surface area contributed by atoms with Gasteiger partial charge in [0, 0.05) is 22.2 Å². The molecule has 23 heavy (non-hydrogen) atoms. The Kier molecular flexibility index (Phi) is 5.28. The fourth-order valence-electron chi connectivity index (χ4n) is 2.87. The van der Waals surface area contributed by atoms with Gasteiger partial charge in [-0.05, 0) is 43.7 Å². The molecule has 0 spiro atoms. The van der Waals surface area contributed by atoms with E-state index >= 15 is 0 Å². The van der Waals surface area contributed by atoms with E-state index in [0.29, 0.717) is 11.7 Å². The largest absolute Gasteiger partial charge is 0.272 e. The highest BCUT2D eigenvalue weighted by Crippen LogP contribution is 2.26. The molecule has 0 unspecified atom stereocenters. The molecule has 4 nitrogen and oxygen atoms in total. The summed E-state index contributed by atoms with van der Waals surface area (Å²) in [5.74, 6) is 0.964. The normalized spacial score (nSPS) is 19.9. The van der Waals surface area contributed by atoms with E-state index < -0.39 is 0 Å². The van der Waals surface area contributed by atoms with Gasteiger partial charge in [-0.25, -0.2) is 5.43 Å². The van der Waals surface area contributed by atoms with Crippen LogP contribution in [0, 0.1) is 5.92 Å². The van der Waals surface area contributed by atoms with Gasteiger partial charge in [-0.2, -0.15) is 5.10 Å². The zero-order chi connectivity index (χ0) is 16.1. The molecule has 120 valence electrons. The lowest BCUT2D eigenvalue weighted by molar-refractivity contribution is -0.118. The van der Waals surface area contributed by atoms with Crippen molar-refractivity contribution in [2.24, 2.45) is 11.0 Å². The maximum absolute atomic E-state index is 12.0. The van der Waals surface area contributed by atoms with E-state index in [9.17, 15) is 4.79 Å². The topological polar surface area (TPSA) is 54.4 Å². The van der Waals surface area contributed by atoms with Gasteiger partial charge >= 0.3 is 0 Å². The van der Waals surface area contributed by atoms with E-state index in [1.165, 1.54) is 24.6 Å². The van der Waals surface area contributed by atoms with Gasteiger partial charge in [0.15, 0.2) is 0 Å². The smallest absolute Gasteiger partial charge is 0.250 e. The zero-order valence-corrected chi connectivity index (χ0v) is 14.1. The van der Waals surface area contributed by atoms with Crippen molar-refractivity contribution >= 4 is 34.3 Å². The Labute approximate surface area is 140 Å². The lowest BCUT2D eigenvalue weighted by Crippen LogP contribution is -2.23. The molecule has 0 bridgehead atoms. The summed E-state index contributed by atoms with van der Waals surface area (Å²) in [5.41, 5.74) is 4.76. The lowest BCUT2D eigenvalue weighted by Gasteiger charge is -2.18. The van der Waals surface area contributed by atoms with Gasteiger partial charge in [0.2, 0.25) is 5.91 Å². The lowest BCUT2D eigenvalue weighted by atomic mass is 9.89. The number of thioether (sulfide) groups is 1. The van der Waals surface area contributed by atoms with Gasteiger partial charge in [-0.1, -0.05) is 25.1 Å². The molecule has 1 heterocycles. The predicted molar refractivity (Wildman–Crippen MR) is 95.7 cm³/mol. The van der Waals surface area contributed by atoms with Crippen LogP contribution in [0.4, 0.5) is 0 Å². The van der Waals surface area contributed by atoms with Gasteiger partial charge in [0.1, 0.15) is 0 Å². The average molecular weight is 327 g/mol. The van der Waals surface area contributed by atoms with Crippen molar-refractivity contribution in [3.8, 4) is 0 Å². The number of hydrogen-bond donors (Lipinski definition) is 1. The molecule has 1 aliphatic rings. The molecule has 1 amide bonds. The number of carbonyl (C=O) groups excluding carboxylic acids is 1. The molecule has 1 atom stereocenters. The van der Waals surface area contributed by atoms with E-state index in [-0.39, 0.29) is 5.91 Å². The van der Waals surface area contributed by atoms with E-state index in [2.05, 4.69) is 22.4 Å². The highest BCUT2D eigenvalue weighted by Gasteiger charge is 2.14. The molecule has 5 heteroatoms. The van der Waals surface area contributed by atoms with Crippen LogP contribution < -0.4 is 5.43 Å². The first kappa shape index (κ1) is 16.0. The van der Waals surface area contributed by atoms with E-state index in [4.69, 9.17) is 0 Å². The standard InChI is InChI=1S/C18H21N3OS/c1-13-5-2-8-15(11-13)20-21-17(22)12-23-16-9-3-6-14-7-4-10-19-18(14)16/h3-4,6-7,9-10,13H,2,5,8,11-12H2,1H3,(H,21,22)/b20-15-/t13-/m0/s1. The summed E-state index contributed by atoms with van der Waals surface area (Å²) in [6.07, 6.45) is 6.22. The maximum atomic E-state index is 12.0. The van der Waals surface area contributed by atoms with Crippen LogP contribution in [-0.4, -0.2) is 22.4 Å². The summed E-state index contributed by atoms with van der Waals surface area (Å²) >= 11 is 1.50. The quantitative estimate of drug-likeness (QED) is 0.682. The number of amides is 1. The predicted octanol–water partition coefficient (Wildman–Crippen LogP) is 4.01. The van der Waals surface area contributed by atoms with Crippen LogP contribution in [0.3, 0.4) is 0 Å². The second-order valence-electron chi connectivity index (χ2n) is 6.03. The second kappa shape index (κ2) is 7.59. The monoisotopic (exact) mass is 327 g/mol. The summed E-state index contributed by atoms with van der Waals surface area (Å²) < 4.78 is 0. The first-order valence-corrected chi connectivity index (χ1v) is 9.02. The van der Waals surface area contributed by atoms with Gasteiger partial charge in [0.25, 0.3) is 0 Å². The second-order valence-corrected chi connectivity index (χ2v) is 7.05. The van der Waals surface area contributed by atoms with Gasteiger partial charge < -0.3 is 0 Å². The Morgan fingerprint density at radius 2 is 2.26 bits per heavy atom. The summed E-state index contributed by atoms with van der Waals surface area (Å²) in [5, 5.41) is 5.39. The van der Waals surface area contributed by atoms with Crippen LogP contribution in [0.15, 0.2) is 46.5 Å². The highest BCUT2D eigenvalue weighted by atomic mass is 32.2. The van der Waals surface area contributed by atoms with Gasteiger partial charge in [0.05, 0.1) is 11.3 Å². The number of aromatic nitrogens is 1. The van der Waals surface area contributed by atoms with Crippen molar-refractivity contribution in [3.63, 3.8) is 0 Å². The van der Waals surface area contributed by atoms with Crippen LogP contribution >= 0.6 is 11.8 Å². The number of carbonyl (C=O) groups is 1. The van der Waals surface area contributed by atoms with Crippen molar-refractivity contribution in [1.82, 2.24) is 10.4 Å². The number of fused-ring (bicyclic) bond motifs is 1. The number of nitrogens with one attached hydrogen (secondary N) is 1. The third-order valence-electron chi connectivity index (χ3n) is 4.04. The molecule has 1 aromatic heterocycles. The molecule has 0 aliphatic heterocycles. The van der Waals surface area contributed by atoms with Crippen LogP contribution in [-0.2, 0) is 4.79 Å². The summed E-state index contributed by atoms with van der Waals surface area (Å²) in [7, 11) is 0. The molecule has 1 saturated carbocycles. The number of benzene rings is 1. The van der Waals surface area contributed by atoms with E-state index in [1.54, 1.807) is 6.20 Å². The molecule has 1 aromatic carbocycles. The average Bonchev–Trinajstić information content (AvgIpc) is 2.58. The van der Waals surface area contributed by atoms with Crippen LogP contribution in [0.5, 0.6) is 0 Å². The summed E-state index contributed by atoms with van der Waals surface area (Å²) in [6, 6.07) is 9.98. The first-order chi connectivity index (χ1) is 11.2. The maximum Gasteiger partial charge on any atom is 0.250 e. The first-order valence-electron chi connectivity index (χ1n) is 8.03. The fraction of sp³-hybridized carbons (Fsp3) is 0.389. The third-order valence-corrected chi connectivity index (χ3v) is 5.09. The minimum Gasteiger partial charge on any atom is -0.272 e. The van der Waals surface area contributed by atoms with Crippen molar-refractivity contribution in [2.75, 3.05) is 5.75 Å². The number of nitrogens with zero attached hydrogens (tertiary/aromatic N) is 2. The van der Waals surface area contributed by atoms with Crippen LogP contribution in [0.25, 0.3) is 10.9 Å². The minimum absolute atomic E-state index is 0.0614. The number of para-hydroxylation sites is 1. The number of pyridine rings is 1. The van der Waals surface area contributed by atoms with Gasteiger partial charge in [-0.3, -0.25) is 9.78 Å². The van der Waals surface area contributed by atoms with Crippen molar-refractivity contribution in [1.29, 1.82) is 0 Å². The number of hydrazone groups is 1. The Balaban J connectivity index is 1.57. The fourth-order valence-corrected chi connectivity index (χ4v) is 3.71. The Bertz CT molecular complexity index is 724. The molecular formula is C18H21N3OS. The Morgan fingerprint density at radius 1 is 1.39 bits per heavy atom. The zero-order valence-electron chi connectivity index (χ0n) is 13.3. The SMILES string of the molecule is C[C@H]1CCC/C(=N/NC(=O)CSc2cccc3cccnc23)C1. The molecule has 0 saturated heterocycles. The number of hydrogen-bond acceptors (Lipinski definition) is 4. The van der Waals surface area contributed by atoms with Gasteiger partial charge in [-0.15, -0.1) is 11.8 Å². The van der Waals surface area contributed by atoms with E-state index in [1.807, 2.05) is 30.3 Å². The third kappa shape index (κ3) is 4.32. The minimum atomic E-state index is -0.0614.